The van der Waals surface area contributed by atoms with Crippen molar-refractivity contribution < 1.29 is 9.53 Å². The van der Waals surface area contributed by atoms with E-state index < -0.39 is 0 Å². The molecule has 1 rings (SSSR count). The van der Waals surface area contributed by atoms with Gasteiger partial charge in [0.2, 0.25) is 0 Å². The molecule has 0 aliphatic rings. The zero-order valence-corrected chi connectivity index (χ0v) is 12.1. The number of carbonyl (C=O) groups is 1. The summed E-state index contributed by atoms with van der Waals surface area (Å²) < 4.78 is 6.47. The summed E-state index contributed by atoms with van der Waals surface area (Å²) in [7, 11) is 1.39. The molecule has 0 radical (unpaired) electrons. The van der Waals surface area contributed by atoms with Crippen molar-refractivity contribution in [3.8, 4) is 0 Å². The van der Waals surface area contributed by atoms with Crippen molar-refractivity contribution in [1.29, 1.82) is 0 Å². The number of methoxy groups -OCH3 is 1. The number of guanidine groups is 1. The van der Waals surface area contributed by atoms with Gasteiger partial charge in [0.25, 0.3) is 0 Å². The Bertz CT molecular complexity index is 403. The number of carbonyl (C=O) groups excluding carboxylic acids is 1. The van der Waals surface area contributed by atoms with Gasteiger partial charge in [-0.25, -0.2) is 0 Å². The predicted octanol–water partition coefficient (Wildman–Crippen LogP) is 0.391. The highest BCUT2D eigenvalue weighted by atomic mass is 16.5. The molecule has 2 N–H and O–H groups in total. The zero-order chi connectivity index (χ0) is 14.6. The molecule has 0 amide bonds. The number of nitrogens with zero attached hydrogens (tertiary/aromatic N) is 3. The highest BCUT2D eigenvalue weighted by Crippen LogP contribution is 1.90. The molecule has 0 saturated carbocycles. The second-order valence-electron chi connectivity index (χ2n) is 4.14. The van der Waals surface area contributed by atoms with Gasteiger partial charge < -0.3 is 15.4 Å². The summed E-state index contributed by atoms with van der Waals surface area (Å²) >= 11 is 0. The minimum absolute atomic E-state index is 0.230. The second-order valence-corrected chi connectivity index (χ2v) is 4.14. The first-order chi connectivity index (χ1) is 9.76. The maximum atomic E-state index is 11.0. The van der Waals surface area contributed by atoms with Crippen molar-refractivity contribution in [2.75, 3.05) is 26.7 Å². The topological polar surface area (TPSA) is 80.5 Å². The molecule has 0 atom stereocenters. The van der Waals surface area contributed by atoms with Crippen molar-refractivity contribution in [1.82, 2.24) is 20.4 Å². The number of aryl methyl sites for hydroxylation is 1. The highest BCUT2D eigenvalue weighted by molar-refractivity contribution is 5.80. The minimum atomic E-state index is -0.230. The van der Waals surface area contributed by atoms with Crippen LogP contribution in [-0.2, 0) is 16.1 Å². The van der Waals surface area contributed by atoms with Crippen LogP contribution >= 0.6 is 0 Å². The smallest absolute Gasteiger partial charge is 0.307 e. The Labute approximate surface area is 119 Å². The lowest BCUT2D eigenvalue weighted by atomic mass is 10.4. The van der Waals surface area contributed by atoms with Crippen molar-refractivity contribution in [2.24, 2.45) is 4.99 Å². The first-order valence-electron chi connectivity index (χ1n) is 6.82. The Morgan fingerprint density at radius 3 is 2.95 bits per heavy atom. The number of ether oxygens (including phenoxy) is 1. The number of hydrogen-bond acceptors (Lipinski definition) is 4. The fourth-order valence-corrected chi connectivity index (χ4v) is 1.58. The molecule has 0 aliphatic heterocycles. The molecule has 0 saturated heterocycles. The maximum Gasteiger partial charge on any atom is 0.307 e. The average molecular weight is 281 g/mol. The molecule has 0 aromatic carbocycles. The molecule has 20 heavy (non-hydrogen) atoms. The lowest BCUT2D eigenvalue weighted by molar-refractivity contribution is -0.140. The van der Waals surface area contributed by atoms with Crippen LogP contribution in [0.5, 0.6) is 0 Å². The summed E-state index contributed by atoms with van der Waals surface area (Å²) in [6, 6.07) is 1.90. The minimum Gasteiger partial charge on any atom is -0.469 e. The number of nitrogens with one attached hydrogen (secondary N) is 2. The van der Waals surface area contributed by atoms with Gasteiger partial charge in [-0.05, 0) is 19.4 Å². The summed E-state index contributed by atoms with van der Waals surface area (Å²) in [6.07, 6.45) is 4.94. The first kappa shape index (κ1) is 16.0. The molecule has 0 bridgehead atoms. The maximum absolute atomic E-state index is 11.0. The van der Waals surface area contributed by atoms with Gasteiger partial charge >= 0.3 is 5.97 Å². The Morgan fingerprint density at radius 2 is 2.30 bits per heavy atom. The standard InChI is InChI=1S/C13H23N5O2/c1-3-14-13(16-9-6-12(19)20-2)15-7-4-10-18-11-5-8-17-18/h5,8,11H,3-4,6-7,9-10H2,1-2H3,(H2,14,15,16). The second kappa shape index (κ2) is 9.82. The van der Waals surface area contributed by atoms with E-state index in [1.54, 1.807) is 6.20 Å². The van der Waals surface area contributed by atoms with Crippen molar-refractivity contribution in [3.05, 3.63) is 18.5 Å². The van der Waals surface area contributed by atoms with Crippen LogP contribution in [0.3, 0.4) is 0 Å². The van der Waals surface area contributed by atoms with Crippen molar-refractivity contribution >= 4 is 11.9 Å². The van der Waals surface area contributed by atoms with E-state index in [-0.39, 0.29) is 5.97 Å². The van der Waals surface area contributed by atoms with Crippen LogP contribution in [0.4, 0.5) is 0 Å². The van der Waals surface area contributed by atoms with Crippen LogP contribution in [0, 0.1) is 0 Å². The summed E-state index contributed by atoms with van der Waals surface area (Å²) in [5, 5.41) is 10.4. The third-order valence-electron chi connectivity index (χ3n) is 2.57. The van der Waals surface area contributed by atoms with E-state index >= 15 is 0 Å². The number of hydrogen-bond donors (Lipinski definition) is 2. The fraction of sp³-hybridized carbons (Fsp3) is 0.615. The van der Waals surface area contributed by atoms with Crippen LogP contribution < -0.4 is 10.6 Å². The summed E-state index contributed by atoms with van der Waals surface area (Å²) in [5.41, 5.74) is 0. The summed E-state index contributed by atoms with van der Waals surface area (Å²) in [6.45, 7) is 4.84. The van der Waals surface area contributed by atoms with E-state index in [0.717, 1.165) is 25.5 Å². The molecule has 0 unspecified atom stereocenters. The Morgan fingerprint density at radius 1 is 1.45 bits per heavy atom. The number of rotatable bonds is 8. The van der Waals surface area contributed by atoms with Crippen LogP contribution in [-0.4, -0.2) is 48.5 Å². The highest BCUT2D eigenvalue weighted by Gasteiger charge is 2.01. The molecule has 0 fully saturated rings. The molecule has 0 spiro atoms. The summed E-state index contributed by atoms with van der Waals surface area (Å²) in [4.78, 5) is 15.4. The van der Waals surface area contributed by atoms with Gasteiger partial charge in [0, 0.05) is 38.6 Å². The number of esters is 1. The predicted molar refractivity (Wildman–Crippen MR) is 77.5 cm³/mol. The van der Waals surface area contributed by atoms with Gasteiger partial charge in [0.05, 0.1) is 13.5 Å². The quantitative estimate of drug-likeness (QED) is 0.312. The Hall–Kier alpha value is -2.05. The van der Waals surface area contributed by atoms with E-state index in [0.29, 0.717) is 19.5 Å². The van der Waals surface area contributed by atoms with E-state index in [9.17, 15) is 4.79 Å². The van der Waals surface area contributed by atoms with Crippen LogP contribution in [0.25, 0.3) is 0 Å². The Balaban J connectivity index is 2.25. The first-order valence-corrected chi connectivity index (χ1v) is 6.82. The summed E-state index contributed by atoms with van der Waals surface area (Å²) in [5.74, 6) is 0.490. The molecule has 7 heteroatoms. The van der Waals surface area contributed by atoms with Gasteiger partial charge in [-0.1, -0.05) is 0 Å². The molecule has 0 aliphatic carbocycles. The SMILES string of the molecule is CCNC(=NCCCn1cccn1)NCCC(=O)OC. The monoisotopic (exact) mass is 281 g/mol. The van der Waals surface area contributed by atoms with Gasteiger partial charge in [0.15, 0.2) is 5.96 Å². The van der Waals surface area contributed by atoms with E-state index in [1.165, 1.54) is 7.11 Å². The van der Waals surface area contributed by atoms with Gasteiger partial charge in [-0.2, -0.15) is 5.10 Å². The van der Waals surface area contributed by atoms with Crippen LogP contribution in [0.15, 0.2) is 23.5 Å². The van der Waals surface area contributed by atoms with Crippen molar-refractivity contribution in [2.45, 2.75) is 26.3 Å². The van der Waals surface area contributed by atoms with Crippen molar-refractivity contribution in [3.63, 3.8) is 0 Å². The fourth-order valence-electron chi connectivity index (χ4n) is 1.58. The molecule has 112 valence electrons. The van der Waals surface area contributed by atoms with Gasteiger partial charge in [-0.3, -0.25) is 14.5 Å². The molecular weight excluding hydrogens is 258 g/mol. The lowest BCUT2D eigenvalue weighted by Gasteiger charge is -2.10. The lowest BCUT2D eigenvalue weighted by Crippen LogP contribution is -2.38. The van der Waals surface area contributed by atoms with E-state index in [4.69, 9.17) is 0 Å². The molecule has 1 heterocycles. The third kappa shape index (κ3) is 6.77. The van der Waals surface area contributed by atoms with Crippen LogP contribution in [0.1, 0.15) is 19.8 Å². The van der Waals surface area contributed by atoms with E-state index in [2.05, 4.69) is 25.5 Å². The molecule has 7 nitrogen and oxygen atoms in total. The van der Waals surface area contributed by atoms with Gasteiger partial charge in [-0.15, -0.1) is 0 Å². The number of aromatic nitrogens is 2. The zero-order valence-electron chi connectivity index (χ0n) is 12.1. The van der Waals surface area contributed by atoms with Gasteiger partial charge in [0.1, 0.15) is 0 Å². The molecular formula is C13H23N5O2. The Kier molecular flexibility index (Phi) is 7.86. The largest absolute Gasteiger partial charge is 0.469 e. The normalized spacial score (nSPS) is 11.2. The van der Waals surface area contributed by atoms with Crippen LogP contribution in [0.2, 0.25) is 0 Å². The molecule has 1 aromatic heterocycles. The van der Waals surface area contributed by atoms with E-state index in [1.807, 2.05) is 23.9 Å². The molecule has 1 aromatic rings. The average Bonchev–Trinajstić information content (AvgIpc) is 2.96. The third-order valence-corrected chi connectivity index (χ3v) is 2.57. The number of aliphatic imine (C=N–C) groups is 1.